The largest absolute Gasteiger partial charge is 0.383 e. The molecule has 5 nitrogen and oxygen atoms in total. The van der Waals surface area contributed by atoms with Gasteiger partial charge in [-0.1, -0.05) is 41.9 Å². The van der Waals surface area contributed by atoms with Crippen molar-refractivity contribution in [1.29, 1.82) is 0 Å². The van der Waals surface area contributed by atoms with Gasteiger partial charge in [-0.05, 0) is 42.0 Å². The van der Waals surface area contributed by atoms with Gasteiger partial charge in [0.2, 0.25) is 5.91 Å². The van der Waals surface area contributed by atoms with Gasteiger partial charge in [-0.2, -0.15) is 0 Å². The van der Waals surface area contributed by atoms with Crippen molar-refractivity contribution < 1.29 is 9.53 Å². The molecule has 1 fully saturated rings. The van der Waals surface area contributed by atoms with Gasteiger partial charge in [0, 0.05) is 49.2 Å². The molecule has 2 N–H and O–H groups in total. The van der Waals surface area contributed by atoms with E-state index in [4.69, 9.17) is 16.3 Å². The molecule has 1 aliphatic heterocycles. The Morgan fingerprint density at radius 3 is 2.70 bits per heavy atom. The lowest BCUT2D eigenvalue weighted by Crippen LogP contribution is -2.43. The van der Waals surface area contributed by atoms with Crippen molar-refractivity contribution in [3.8, 4) is 0 Å². The topological polar surface area (TPSA) is 53.6 Å². The van der Waals surface area contributed by atoms with Crippen molar-refractivity contribution in [3.63, 3.8) is 0 Å². The number of ether oxygens (including phenoxy) is 1. The smallest absolute Gasteiger partial charge is 0.237 e. The Morgan fingerprint density at radius 1 is 1.23 bits per heavy atom. The monoisotopic (exact) mass is 447 g/mol. The van der Waals surface area contributed by atoms with E-state index in [0.717, 1.165) is 30.1 Å². The summed E-state index contributed by atoms with van der Waals surface area (Å²) < 4.78 is 5.06. The first-order valence-electron chi connectivity index (χ1n) is 10.2. The molecule has 30 heavy (non-hydrogen) atoms. The minimum Gasteiger partial charge on any atom is -0.383 e. The van der Waals surface area contributed by atoms with Crippen LogP contribution in [0.4, 0.5) is 0 Å². The summed E-state index contributed by atoms with van der Waals surface area (Å²) in [5.74, 6) is 0.0488. The van der Waals surface area contributed by atoms with Gasteiger partial charge < -0.3 is 15.4 Å². The molecule has 0 saturated carbocycles. The molecule has 3 rings (SSSR count). The Hall–Kier alpha value is -1.57. The summed E-state index contributed by atoms with van der Waals surface area (Å²) in [5, 5.41) is 7.36. The average molecular weight is 448 g/mol. The van der Waals surface area contributed by atoms with Crippen molar-refractivity contribution in [2.24, 2.45) is 0 Å². The van der Waals surface area contributed by atoms with Gasteiger partial charge >= 0.3 is 0 Å². The summed E-state index contributed by atoms with van der Waals surface area (Å²) in [6.07, 6.45) is 2.85. The second kappa shape index (κ2) is 11.7. The van der Waals surface area contributed by atoms with E-state index in [2.05, 4.69) is 46.1 Å². The molecule has 2 aromatic rings. The van der Waals surface area contributed by atoms with E-state index in [1.54, 1.807) is 18.9 Å². The van der Waals surface area contributed by atoms with Crippen LogP contribution >= 0.6 is 23.4 Å². The normalized spacial score (nSPS) is 19.2. The molecule has 0 spiro atoms. The molecule has 0 aromatic heterocycles. The molecule has 0 radical (unpaired) electrons. The van der Waals surface area contributed by atoms with Crippen molar-refractivity contribution in [2.45, 2.75) is 36.5 Å². The molecule has 0 bridgehead atoms. The van der Waals surface area contributed by atoms with Gasteiger partial charge in [-0.25, -0.2) is 0 Å². The summed E-state index contributed by atoms with van der Waals surface area (Å²) in [4.78, 5) is 16.3. The number of nitrogens with zero attached hydrogens (tertiary/aromatic N) is 1. The number of halogens is 1. The highest BCUT2D eigenvalue weighted by Gasteiger charge is 2.36. The molecule has 2 atom stereocenters. The van der Waals surface area contributed by atoms with Crippen LogP contribution < -0.4 is 10.6 Å². The Kier molecular flexibility index (Phi) is 9.03. The zero-order valence-electron chi connectivity index (χ0n) is 17.6. The number of benzene rings is 2. The SMILES string of the molecule is COCCNC(=O)[C@@H]1C[C@H](NCc2ccc(SC)cc2)CN1Cc1ccccc1Cl. The maximum atomic E-state index is 12.8. The molecular formula is C23H30ClN3O2S. The summed E-state index contributed by atoms with van der Waals surface area (Å²) in [6.45, 7) is 3.28. The van der Waals surface area contributed by atoms with E-state index in [-0.39, 0.29) is 18.0 Å². The fraction of sp³-hybridized carbons (Fsp3) is 0.435. The van der Waals surface area contributed by atoms with Gasteiger partial charge in [0.05, 0.1) is 12.6 Å². The van der Waals surface area contributed by atoms with Crippen LogP contribution in [-0.2, 0) is 22.6 Å². The van der Waals surface area contributed by atoms with Crippen LogP contribution in [0.3, 0.4) is 0 Å². The van der Waals surface area contributed by atoms with E-state index in [9.17, 15) is 4.79 Å². The predicted octanol–water partition coefficient (Wildman–Crippen LogP) is 3.56. The fourth-order valence-corrected chi connectivity index (χ4v) is 4.35. The van der Waals surface area contributed by atoms with Crippen molar-refractivity contribution in [3.05, 3.63) is 64.7 Å². The molecule has 0 unspecified atom stereocenters. The highest BCUT2D eigenvalue weighted by molar-refractivity contribution is 7.98. The van der Waals surface area contributed by atoms with E-state index in [1.165, 1.54) is 10.5 Å². The summed E-state index contributed by atoms with van der Waals surface area (Å²) in [6, 6.07) is 16.5. The zero-order chi connectivity index (χ0) is 21.3. The number of hydrogen-bond acceptors (Lipinski definition) is 5. The number of nitrogens with one attached hydrogen (secondary N) is 2. The van der Waals surface area contributed by atoms with Gasteiger partial charge in [-0.15, -0.1) is 11.8 Å². The Morgan fingerprint density at radius 2 is 2.00 bits per heavy atom. The molecular weight excluding hydrogens is 418 g/mol. The van der Waals surface area contributed by atoms with Gasteiger partial charge in [-0.3, -0.25) is 9.69 Å². The minimum atomic E-state index is -0.186. The number of likely N-dealkylation sites (tertiary alicyclic amines) is 1. The average Bonchev–Trinajstić information content (AvgIpc) is 3.17. The molecule has 162 valence electrons. The lowest BCUT2D eigenvalue weighted by atomic mass is 10.1. The summed E-state index contributed by atoms with van der Waals surface area (Å²) in [5.41, 5.74) is 2.29. The molecule has 0 aliphatic carbocycles. The van der Waals surface area contributed by atoms with Crippen LogP contribution in [0, 0.1) is 0 Å². The van der Waals surface area contributed by atoms with Crippen LogP contribution in [-0.4, -0.2) is 56.0 Å². The molecule has 1 aliphatic rings. The van der Waals surface area contributed by atoms with Gasteiger partial charge in [0.25, 0.3) is 0 Å². The first-order valence-corrected chi connectivity index (χ1v) is 11.8. The van der Waals surface area contributed by atoms with Crippen LogP contribution in [0.1, 0.15) is 17.5 Å². The van der Waals surface area contributed by atoms with Crippen LogP contribution in [0.15, 0.2) is 53.4 Å². The van der Waals surface area contributed by atoms with Crippen molar-refractivity contribution in [1.82, 2.24) is 15.5 Å². The maximum absolute atomic E-state index is 12.8. The van der Waals surface area contributed by atoms with Crippen LogP contribution in [0.5, 0.6) is 0 Å². The third-order valence-electron chi connectivity index (χ3n) is 5.40. The summed E-state index contributed by atoms with van der Waals surface area (Å²) in [7, 11) is 1.64. The van der Waals surface area contributed by atoms with Crippen LogP contribution in [0.2, 0.25) is 5.02 Å². The van der Waals surface area contributed by atoms with E-state index in [1.807, 2.05) is 24.3 Å². The number of methoxy groups -OCH3 is 1. The van der Waals surface area contributed by atoms with Crippen molar-refractivity contribution >= 4 is 29.3 Å². The number of amides is 1. The van der Waals surface area contributed by atoms with E-state index in [0.29, 0.717) is 19.7 Å². The number of hydrogen-bond donors (Lipinski definition) is 2. The fourth-order valence-electron chi connectivity index (χ4n) is 3.74. The second-order valence-electron chi connectivity index (χ2n) is 7.48. The van der Waals surface area contributed by atoms with Gasteiger partial charge in [0.1, 0.15) is 0 Å². The second-order valence-corrected chi connectivity index (χ2v) is 8.77. The highest BCUT2D eigenvalue weighted by Crippen LogP contribution is 2.25. The quantitative estimate of drug-likeness (QED) is 0.431. The minimum absolute atomic E-state index is 0.0488. The lowest BCUT2D eigenvalue weighted by Gasteiger charge is -2.24. The van der Waals surface area contributed by atoms with Crippen LogP contribution in [0.25, 0.3) is 0 Å². The molecule has 1 saturated heterocycles. The third-order valence-corrected chi connectivity index (χ3v) is 6.51. The van der Waals surface area contributed by atoms with E-state index >= 15 is 0 Å². The third kappa shape index (κ3) is 6.46. The maximum Gasteiger partial charge on any atom is 0.237 e. The highest BCUT2D eigenvalue weighted by atomic mass is 35.5. The number of carbonyl (C=O) groups excluding carboxylic acids is 1. The van der Waals surface area contributed by atoms with Crippen molar-refractivity contribution in [2.75, 3.05) is 33.1 Å². The Bertz CT molecular complexity index is 818. The first-order chi connectivity index (χ1) is 14.6. The number of thioether (sulfide) groups is 1. The Labute approximate surface area is 188 Å². The Balaban J connectivity index is 1.63. The van der Waals surface area contributed by atoms with Gasteiger partial charge in [0.15, 0.2) is 0 Å². The number of rotatable bonds is 10. The summed E-state index contributed by atoms with van der Waals surface area (Å²) >= 11 is 8.12. The lowest BCUT2D eigenvalue weighted by molar-refractivity contribution is -0.125. The standard InChI is InChI=1S/C23H30ClN3O2S/c1-29-12-11-25-23(28)22-13-19(26-14-17-7-9-20(30-2)10-8-17)16-27(22)15-18-5-3-4-6-21(18)24/h3-10,19,22,26H,11-16H2,1-2H3,(H,25,28)/t19-,22-/m0/s1. The zero-order valence-corrected chi connectivity index (χ0v) is 19.1. The predicted molar refractivity (Wildman–Crippen MR) is 124 cm³/mol. The first kappa shape index (κ1) is 23.1. The molecule has 2 aromatic carbocycles. The molecule has 1 amide bonds. The number of carbonyl (C=O) groups is 1. The van der Waals surface area contributed by atoms with E-state index < -0.39 is 0 Å². The molecule has 1 heterocycles. The molecule has 7 heteroatoms.